The van der Waals surface area contributed by atoms with Gasteiger partial charge in [0.05, 0.1) is 21.6 Å². The summed E-state index contributed by atoms with van der Waals surface area (Å²) in [4.78, 5) is 20.6. The van der Waals surface area contributed by atoms with Gasteiger partial charge in [0.15, 0.2) is 0 Å². The lowest BCUT2D eigenvalue weighted by atomic mass is 10.1. The molecule has 32 heavy (non-hydrogen) atoms. The van der Waals surface area contributed by atoms with Crippen LogP contribution in [0.5, 0.6) is 0 Å². The van der Waals surface area contributed by atoms with Gasteiger partial charge in [0.1, 0.15) is 0 Å². The number of anilines is 2. The van der Waals surface area contributed by atoms with Crippen LogP contribution in [0.2, 0.25) is 10.0 Å². The van der Waals surface area contributed by atoms with Crippen LogP contribution in [0.3, 0.4) is 0 Å². The zero-order valence-electron chi connectivity index (χ0n) is 18.1. The van der Waals surface area contributed by atoms with E-state index in [9.17, 15) is 4.79 Å². The van der Waals surface area contributed by atoms with Crippen LogP contribution in [0.1, 0.15) is 5.56 Å². The maximum absolute atomic E-state index is 13.3. The molecular formula is C24H27Cl2N3O2S. The molecule has 2 aromatic rings. The summed E-state index contributed by atoms with van der Waals surface area (Å²) in [6.07, 6.45) is 2.03. The van der Waals surface area contributed by atoms with Crippen molar-refractivity contribution in [2.75, 3.05) is 68.5 Å². The van der Waals surface area contributed by atoms with E-state index >= 15 is 0 Å². The van der Waals surface area contributed by atoms with Crippen molar-refractivity contribution < 1.29 is 9.53 Å². The van der Waals surface area contributed by atoms with Crippen molar-refractivity contribution in [3.05, 3.63) is 63.0 Å². The van der Waals surface area contributed by atoms with E-state index in [1.807, 2.05) is 18.2 Å². The Balaban J connectivity index is 1.52. The van der Waals surface area contributed by atoms with Gasteiger partial charge in [-0.05, 0) is 35.9 Å². The topological polar surface area (TPSA) is 36.0 Å². The van der Waals surface area contributed by atoms with E-state index in [-0.39, 0.29) is 5.91 Å². The Kier molecular flexibility index (Phi) is 8.02. The normalized spacial score (nSPS) is 19.1. The number of rotatable bonds is 6. The van der Waals surface area contributed by atoms with Crippen LogP contribution < -0.4 is 9.80 Å². The molecule has 2 aliphatic rings. The molecule has 2 aromatic carbocycles. The van der Waals surface area contributed by atoms with Crippen molar-refractivity contribution in [2.24, 2.45) is 0 Å². The van der Waals surface area contributed by atoms with Crippen LogP contribution in [-0.4, -0.2) is 69.5 Å². The van der Waals surface area contributed by atoms with E-state index in [4.69, 9.17) is 27.9 Å². The number of methoxy groups -OCH3 is 1. The van der Waals surface area contributed by atoms with Gasteiger partial charge < -0.3 is 14.5 Å². The highest BCUT2D eigenvalue weighted by Crippen LogP contribution is 2.34. The first-order valence-electron chi connectivity index (χ1n) is 10.7. The molecule has 2 aliphatic heterocycles. The maximum Gasteiger partial charge on any atom is 0.264 e. The van der Waals surface area contributed by atoms with Gasteiger partial charge in [0.25, 0.3) is 5.91 Å². The lowest BCUT2D eigenvalue weighted by Crippen LogP contribution is -2.47. The van der Waals surface area contributed by atoms with Gasteiger partial charge in [-0.2, -0.15) is 0 Å². The van der Waals surface area contributed by atoms with E-state index in [0.29, 0.717) is 16.6 Å². The zero-order chi connectivity index (χ0) is 22.5. The Morgan fingerprint density at radius 2 is 1.81 bits per heavy atom. The zero-order valence-corrected chi connectivity index (χ0v) is 20.4. The number of carbonyl (C=O) groups excluding carboxylic acids is 1. The summed E-state index contributed by atoms with van der Waals surface area (Å²) in [5.41, 5.74) is 3.02. The molecule has 2 heterocycles. The first kappa shape index (κ1) is 23.5. The highest BCUT2D eigenvalue weighted by Gasteiger charge is 2.26. The van der Waals surface area contributed by atoms with Crippen LogP contribution in [-0.2, 0) is 9.53 Å². The van der Waals surface area contributed by atoms with Crippen LogP contribution in [0.25, 0.3) is 6.08 Å². The molecular weight excluding hydrogens is 465 g/mol. The predicted molar refractivity (Wildman–Crippen MR) is 136 cm³/mol. The summed E-state index contributed by atoms with van der Waals surface area (Å²) in [6.45, 7) is 6.30. The molecule has 4 rings (SSSR count). The van der Waals surface area contributed by atoms with Gasteiger partial charge in [-0.25, -0.2) is 0 Å². The number of carbonyl (C=O) groups is 1. The average molecular weight is 492 g/mol. The molecule has 0 aromatic heterocycles. The molecule has 0 spiro atoms. The van der Waals surface area contributed by atoms with Crippen molar-refractivity contribution in [3.8, 4) is 0 Å². The fraction of sp³-hybridized carbons (Fsp3) is 0.375. The minimum atomic E-state index is -0.00109. The molecule has 0 unspecified atom stereocenters. The fourth-order valence-corrected chi connectivity index (χ4v) is 5.25. The van der Waals surface area contributed by atoms with E-state index < -0.39 is 0 Å². The molecule has 0 saturated carbocycles. The van der Waals surface area contributed by atoms with Crippen LogP contribution in [0, 0.1) is 0 Å². The third kappa shape index (κ3) is 5.43. The smallest absolute Gasteiger partial charge is 0.264 e. The second kappa shape index (κ2) is 10.9. The summed E-state index contributed by atoms with van der Waals surface area (Å²) in [6, 6.07) is 13.7. The van der Waals surface area contributed by atoms with Crippen molar-refractivity contribution >= 4 is 58.3 Å². The number of ether oxygens (including phenoxy) is 1. The van der Waals surface area contributed by atoms with Gasteiger partial charge in [-0.15, -0.1) is 11.8 Å². The third-order valence-corrected chi connectivity index (χ3v) is 7.52. The van der Waals surface area contributed by atoms with Crippen LogP contribution >= 0.6 is 35.0 Å². The predicted octanol–water partition coefficient (Wildman–Crippen LogP) is 4.88. The van der Waals surface area contributed by atoms with Gasteiger partial charge in [0.2, 0.25) is 0 Å². The summed E-state index contributed by atoms with van der Waals surface area (Å²) in [5.74, 6) is 0.830. The molecule has 0 radical (unpaired) electrons. The first-order chi connectivity index (χ1) is 15.6. The van der Waals surface area contributed by atoms with Gasteiger partial charge in [-0.1, -0.05) is 41.4 Å². The summed E-state index contributed by atoms with van der Waals surface area (Å²) in [7, 11) is 1.74. The summed E-state index contributed by atoms with van der Waals surface area (Å²) in [5, 5.41) is 0.942. The molecule has 2 saturated heterocycles. The van der Waals surface area contributed by atoms with E-state index in [0.717, 1.165) is 61.2 Å². The Bertz CT molecular complexity index is 993. The summed E-state index contributed by atoms with van der Waals surface area (Å²) < 4.78 is 5.21. The number of thioether (sulfide) groups is 1. The average Bonchev–Trinajstić information content (AvgIpc) is 2.82. The quantitative estimate of drug-likeness (QED) is 0.538. The second-order valence-electron chi connectivity index (χ2n) is 7.79. The number of halogens is 2. The minimum Gasteiger partial charge on any atom is -0.383 e. The molecule has 0 aliphatic carbocycles. The molecule has 170 valence electrons. The highest BCUT2D eigenvalue weighted by molar-refractivity contribution is 8.04. The van der Waals surface area contributed by atoms with E-state index in [1.54, 1.807) is 35.9 Å². The van der Waals surface area contributed by atoms with Gasteiger partial charge in [-0.3, -0.25) is 9.69 Å². The SMILES string of the molecule is COCCN1CCN(c2ccccc2/C=C2\SCCN(c3ccc(Cl)c(Cl)c3)C2=O)CC1. The van der Waals surface area contributed by atoms with Crippen LogP contribution in [0.15, 0.2) is 47.4 Å². The fourth-order valence-electron chi connectivity index (χ4n) is 4.02. The standard InChI is InChI=1S/C24H27Cl2N3O2S/c1-31-14-12-27-8-10-28(11-9-27)22-5-3-2-4-18(22)16-23-24(30)29(13-15-32-23)19-6-7-20(25)21(26)17-19/h2-7,16-17H,8-15H2,1H3/b23-16-. The van der Waals surface area contributed by atoms with Gasteiger partial charge >= 0.3 is 0 Å². The monoisotopic (exact) mass is 491 g/mol. The van der Waals surface area contributed by atoms with Crippen LogP contribution in [0.4, 0.5) is 11.4 Å². The Labute approximate surface area is 203 Å². The third-order valence-electron chi connectivity index (χ3n) is 5.79. The summed E-state index contributed by atoms with van der Waals surface area (Å²) >= 11 is 13.8. The number of nitrogens with zero attached hydrogens (tertiary/aromatic N) is 3. The van der Waals surface area contributed by atoms with Crippen molar-refractivity contribution in [1.29, 1.82) is 0 Å². The largest absolute Gasteiger partial charge is 0.383 e. The van der Waals surface area contributed by atoms with Crippen molar-refractivity contribution in [2.45, 2.75) is 0 Å². The number of piperazine rings is 1. The molecule has 2 fully saturated rings. The Morgan fingerprint density at radius 3 is 2.56 bits per heavy atom. The van der Waals surface area contributed by atoms with E-state index in [2.05, 4.69) is 28.0 Å². The number of para-hydroxylation sites is 1. The van der Waals surface area contributed by atoms with E-state index in [1.165, 1.54) is 5.69 Å². The van der Waals surface area contributed by atoms with Crippen molar-refractivity contribution in [1.82, 2.24) is 4.90 Å². The molecule has 0 bridgehead atoms. The highest BCUT2D eigenvalue weighted by atomic mass is 35.5. The molecule has 8 heteroatoms. The number of amides is 1. The molecule has 5 nitrogen and oxygen atoms in total. The molecule has 1 amide bonds. The number of benzene rings is 2. The minimum absolute atomic E-state index is 0.00109. The second-order valence-corrected chi connectivity index (χ2v) is 9.74. The van der Waals surface area contributed by atoms with Crippen molar-refractivity contribution in [3.63, 3.8) is 0 Å². The first-order valence-corrected chi connectivity index (χ1v) is 12.5. The Morgan fingerprint density at radius 1 is 1.03 bits per heavy atom. The number of hydrogen-bond acceptors (Lipinski definition) is 5. The lowest BCUT2D eigenvalue weighted by molar-refractivity contribution is -0.114. The lowest BCUT2D eigenvalue weighted by Gasteiger charge is -2.36. The number of hydrogen-bond donors (Lipinski definition) is 0. The van der Waals surface area contributed by atoms with Gasteiger partial charge in [0, 0.05) is 63.5 Å². The Hall–Kier alpha value is -1.70. The molecule has 0 atom stereocenters. The molecule has 0 N–H and O–H groups in total. The maximum atomic E-state index is 13.3.